The molecular formula is C56H35BN2O2S. The van der Waals surface area contributed by atoms with E-state index in [-0.39, 0.29) is 6.71 Å². The Kier molecular flexibility index (Phi) is 6.90. The zero-order chi connectivity index (χ0) is 40.8. The quantitative estimate of drug-likeness (QED) is 0.166. The monoisotopic (exact) mass is 810 g/mol. The SMILES string of the molecule is Cc1cc2c3c(C)cccc3n(-c3ccc4c(c3)Oc3cc(-n5c6ccccc6c6ccccc65)cc5c3B4c3ccc(-c4ccccc4)cc3O5)c2c2sc3ccccc3c12. The first kappa shape index (κ1) is 34.2. The van der Waals surface area contributed by atoms with Crippen molar-refractivity contribution in [1.82, 2.24) is 9.13 Å². The fraction of sp³-hybridized carbons (Fsp3) is 0.0357. The van der Waals surface area contributed by atoms with Crippen molar-refractivity contribution in [3.05, 3.63) is 187 Å². The molecule has 9 aromatic carbocycles. The summed E-state index contributed by atoms with van der Waals surface area (Å²) in [6.07, 6.45) is 0. The predicted molar refractivity (Wildman–Crippen MR) is 261 cm³/mol. The van der Waals surface area contributed by atoms with Crippen LogP contribution in [0.1, 0.15) is 11.1 Å². The Bertz CT molecular complexity index is 3860. The molecule has 0 saturated heterocycles. The standard InChI is InChI=1S/C56H35BN2O2S/c1-32-13-12-21-46-52(32)41-27-33(2)53-40-18-8-11-22-51(40)62-56(53)55(41)59(46)36-24-26-43-48(29-36)61-50-31-37(58-44-19-9-6-16-38(44)39-17-7-10-20-45(39)58)30-49-54(50)57(43)42-25-23-35(28-47(42)60-49)34-14-4-3-5-15-34/h3-31H,1-2H3. The van der Waals surface area contributed by atoms with E-state index in [9.17, 15) is 0 Å². The molecule has 5 heterocycles. The van der Waals surface area contributed by atoms with Crippen LogP contribution in [0.25, 0.3) is 86.3 Å². The molecule has 0 amide bonds. The Hall–Kier alpha value is -7.54. The third kappa shape index (κ3) is 4.62. The zero-order valence-corrected chi connectivity index (χ0v) is 34.8. The summed E-state index contributed by atoms with van der Waals surface area (Å²) < 4.78 is 21.7. The van der Waals surface area contributed by atoms with Crippen LogP contribution in [0, 0.1) is 13.8 Å². The molecule has 0 spiro atoms. The van der Waals surface area contributed by atoms with Gasteiger partial charge in [0.2, 0.25) is 0 Å². The van der Waals surface area contributed by atoms with Crippen LogP contribution in [0.15, 0.2) is 176 Å². The maximum absolute atomic E-state index is 7.23. The summed E-state index contributed by atoms with van der Waals surface area (Å²) in [7, 11) is 0. The molecule has 2 aliphatic heterocycles. The van der Waals surface area contributed by atoms with Gasteiger partial charge < -0.3 is 18.6 Å². The molecule has 14 rings (SSSR count). The topological polar surface area (TPSA) is 28.3 Å². The van der Waals surface area contributed by atoms with Gasteiger partial charge in [0.25, 0.3) is 6.71 Å². The smallest absolute Gasteiger partial charge is 0.260 e. The molecule has 0 N–H and O–H groups in total. The van der Waals surface area contributed by atoms with Crippen molar-refractivity contribution in [2.24, 2.45) is 0 Å². The molecule has 0 saturated carbocycles. The molecule has 3 aromatic heterocycles. The molecular weight excluding hydrogens is 776 g/mol. The van der Waals surface area contributed by atoms with Crippen molar-refractivity contribution >= 4 is 98.2 Å². The average molecular weight is 811 g/mol. The molecule has 0 atom stereocenters. The van der Waals surface area contributed by atoms with Crippen molar-refractivity contribution in [3.8, 4) is 45.5 Å². The molecule has 0 aliphatic carbocycles. The number of thiophene rings is 1. The van der Waals surface area contributed by atoms with E-state index in [1.54, 1.807) is 0 Å². The summed E-state index contributed by atoms with van der Waals surface area (Å²) in [5.74, 6) is 3.35. The zero-order valence-electron chi connectivity index (χ0n) is 33.9. The second-order valence-corrected chi connectivity index (χ2v) is 18.0. The first-order valence-electron chi connectivity index (χ1n) is 21.3. The molecule has 0 unspecified atom stereocenters. The number of rotatable bonds is 3. The first-order chi connectivity index (χ1) is 30.6. The first-order valence-corrected chi connectivity index (χ1v) is 22.1. The highest BCUT2D eigenvalue weighted by Crippen LogP contribution is 2.46. The maximum atomic E-state index is 7.23. The fourth-order valence-electron chi connectivity index (χ4n) is 10.8. The van der Waals surface area contributed by atoms with E-state index in [1.165, 1.54) is 63.9 Å². The molecule has 290 valence electrons. The van der Waals surface area contributed by atoms with Crippen LogP contribution >= 0.6 is 11.3 Å². The van der Waals surface area contributed by atoms with Gasteiger partial charge in [0.05, 0.1) is 32.5 Å². The largest absolute Gasteiger partial charge is 0.458 e. The van der Waals surface area contributed by atoms with Gasteiger partial charge in [0, 0.05) is 66.4 Å². The van der Waals surface area contributed by atoms with Gasteiger partial charge in [-0.15, -0.1) is 11.3 Å². The Balaban J connectivity index is 1.03. The van der Waals surface area contributed by atoms with Gasteiger partial charge in [-0.25, -0.2) is 0 Å². The number of para-hydroxylation sites is 2. The summed E-state index contributed by atoms with van der Waals surface area (Å²) in [5, 5.41) is 7.66. The minimum atomic E-state index is -0.0871. The fourth-order valence-corrected chi connectivity index (χ4v) is 12.1. The van der Waals surface area contributed by atoms with Crippen LogP contribution in [0.3, 0.4) is 0 Å². The number of aromatic nitrogens is 2. The van der Waals surface area contributed by atoms with Gasteiger partial charge in [0.15, 0.2) is 0 Å². The predicted octanol–water partition coefficient (Wildman–Crippen LogP) is 13.3. The van der Waals surface area contributed by atoms with Gasteiger partial charge >= 0.3 is 0 Å². The number of fused-ring (bicyclic) bond motifs is 14. The Morgan fingerprint density at radius 1 is 0.435 bits per heavy atom. The lowest BCUT2D eigenvalue weighted by Crippen LogP contribution is -2.57. The van der Waals surface area contributed by atoms with Crippen LogP contribution in [0.5, 0.6) is 23.0 Å². The van der Waals surface area contributed by atoms with E-state index in [1.807, 2.05) is 11.3 Å². The lowest BCUT2D eigenvalue weighted by Gasteiger charge is -2.34. The Labute approximate surface area is 361 Å². The second-order valence-electron chi connectivity index (χ2n) is 16.9. The molecule has 4 nitrogen and oxygen atoms in total. The van der Waals surface area contributed by atoms with Gasteiger partial charge in [-0.2, -0.15) is 0 Å². The maximum Gasteiger partial charge on any atom is 0.260 e. The van der Waals surface area contributed by atoms with Gasteiger partial charge in [0.1, 0.15) is 23.0 Å². The number of hydrogen-bond donors (Lipinski definition) is 0. The summed E-state index contributed by atoms with van der Waals surface area (Å²) in [5.41, 5.74) is 15.0. The highest BCUT2D eigenvalue weighted by molar-refractivity contribution is 7.26. The van der Waals surface area contributed by atoms with Crippen molar-refractivity contribution in [2.75, 3.05) is 0 Å². The van der Waals surface area contributed by atoms with Crippen LogP contribution in [-0.2, 0) is 0 Å². The van der Waals surface area contributed by atoms with Crippen LogP contribution < -0.4 is 25.9 Å². The van der Waals surface area contributed by atoms with Crippen LogP contribution in [-0.4, -0.2) is 15.8 Å². The third-order valence-electron chi connectivity index (χ3n) is 13.5. The Morgan fingerprint density at radius 2 is 1.06 bits per heavy atom. The van der Waals surface area contributed by atoms with E-state index >= 15 is 0 Å². The van der Waals surface area contributed by atoms with Crippen LogP contribution in [0.2, 0.25) is 0 Å². The van der Waals surface area contributed by atoms with E-state index in [4.69, 9.17) is 9.47 Å². The van der Waals surface area contributed by atoms with Crippen molar-refractivity contribution in [1.29, 1.82) is 0 Å². The summed E-state index contributed by atoms with van der Waals surface area (Å²) >= 11 is 1.89. The molecule has 12 aromatic rings. The highest BCUT2D eigenvalue weighted by atomic mass is 32.1. The van der Waals surface area contributed by atoms with Crippen molar-refractivity contribution in [2.45, 2.75) is 13.8 Å². The van der Waals surface area contributed by atoms with E-state index < -0.39 is 0 Å². The summed E-state index contributed by atoms with van der Waals surface area (Å²) in [4.78, 5) is 0. The Morgan fingerprint density at radius 3 is 1.82 bits per heavy atom. The molecule has 62 heavy (non-hydrogen) atoms. The number of benzene rings is 9. The van der Waals surface area contributed by atoms with Gasteiger partial charge in [-0.1, -0.05) is 115 Å². The van der Waals surface area contributed by atoms with Crippen molar-refractivity contribution in [3.63, 3.8) is 0 Å². The highest BCUT2D eigenvalue weighted by Gasteiger charge is 2.41. The minimum Gasteiger partial charge on any atom is -0.458 e. The summed E-state index contributed by atoms with van der Waals surface area (Å²) in [6.45, 7) is 4.42. The van der Waals surface area contributed by atoms with Crippen LogP contribution in [0.4, 0.5) is 0 Å². The van der Waals surface area contributed by atoms with Crippen molar-refractivity contribution < 1.29 is 9.47 Å². The average Bonchev–Trinajstić information content (AvgIpc) is 3.97. The number of aryl methyl sites for hydroxylation is 2. The van der Waals surface area contributed by atoms with E-state index in [0.717, 1.165) is 72.9 Å². The molecule has 0 bridgehead atoms. The normalized spacial score (nSPS) is 12.9. The number of ether oxygens (including phenoxy) is 2. The molecule has 6 heteroatoms. The van der Waals surface area contributed by atoms with E-state index in [2.05, 4.69) is 199 Å². The molecule has 2 aliphatic rings. The number of hydrogen-bond acceptors (Lipinski definition) is 3. The lowest BCUT2D eigenvalue weighted by molar-refractivity contribution is 0.464. The third-order valence-corrected chi connectivity index (χ3v) is 14.6. The van der Waals surface area contributed by atoms with Gasteiger partial charge in [-0.3, -0.25) is 0 Å². The molecule has 0 radical (unpaired) electrons. The molecule has 0 fully saturated rings. The van der Waals surface area contributed by atoms with Gasteiger partial charge in [-0.05, 0) is 89.5 Å². The second kappa shape index (κ2) is 12.5. The lowest BCUT2D eigenvalue weighted by atomic mass is 9.35. The summed E-state index contributed by atoms with van der Waals surface area (Å²) in [6, 6.07) is 63.8. The number of nitrogens with zero attached hydrogens (tertiary/aromatic N) is 2. The minimum absolute atomic E-state index is 0.0871. The van der Waals surface area contributed by atoms with E-state index in [0.29, 0.717) is 0 Å².